The molecule has 1 aromatic rings. The van der Waals surface area contributed by atoms with E-state index in [-0.39, 0.29) is 24.0 Å². The maximum atomic E-state index is 13.3. The molecule has 0 unspecified atom stereocenters. The molecular formula is C27H42N2O3. The molecule has 5 nitrogen and oxygen atoms in total. The fraction of sp³-hybridized carbons (Fsp3) is 0.704. The molecule has 178 valence electrons. The second-order valence-electron chi connectivity index (χ2n) is 9.84. The summed E-state index contributed by atoms with van der Waals surface area (Å²) in [6.07, 6.45) is 10.1. The van der Waals surface area contributed by atoms with Crippen LogP contribution in [0.1, 0.15) is 95.3 Å². The molecule has 0 radical (unpaired) electrons. The van der Waals surface area contributed by atoms with Gasteiger partial charge in [0.2, 0.25) is 5.91 Å². The number of para-hydroxylation sites is 1. The molecule has 0 spiro atoms. The lowest BCUT2D eigenvalue weighted by atomic mass is 9.90. The van der Waals surface area contributed by atoms with Crippen molar-refractivity contribution in [3.63, 3.8) is 0 Å². The second-order valence-corrected chi connectivity index (χ2v) is 9.84. The van der Waals surface area contributed by atoms with Gasteiger partial charge < -0.3 is 14.5 Å². The van der Waals surface area contributed by atoms with Crippen molar-refractivity contribution >= 4 is 11.8 Å². The third-order valence-corrected chi connectivity index (χ3v) is 6.86. The number of ether oxygens (including phenoxy) is 1. The van der Waals surface area contributed by atoms with Crippen molar-refractivity contribution in [3.8, 4) is 5.75 Å². The average Bonchev–Trinajstić information content (AvgIpc) is 2.78. The monoisotopic (exact) mass is 442 g/mol. The van der Waals surface area contributed by atoms with Crippen LogP contribution in [0.2, 0.25) is 0 Å². The van der Waals surface area contributed by atoms with Crippen LogP contribution in [0.25, 0.3) is 0 Å². The van der Waals surface area contributed by atoms with E-state index in [1.54, 1.807) is 0 Å². The zero-order valence-electron chi connectivity index (χ0n) is 20.4. The van der Waals surface area contributed by atoms with Crippen LogP contribution in [-0.4, -0.2) is 53.4 Å². The van der Waals surface area contributed by atoms with Gasteiger partial charge in [-0.1, -0.05) is 51.7 Å². The van der Waals surface area contributed by atoms with E-state index in [9.17, 15) is 9.59 Å². The van der Waals surface area contributed by atoms with E-state index in [0.29, 0.717) is 30.2 Å². The normalized spacial score (nSPS) is 23.6. The predicted octanol–water partition coefficient (Wildman–Crippen LogP) is 5.68. The average molecular weight is 443 g/mol. The summed E-state index contributed by atoms with van der Waals surface area (Å²) in [5.41, 5.74) is 0.647. The molecule has 1 aliphatic carbocycles. The molecule has 32 heavy (non-hydrogen) atoms. The second kappa shape index (κ2) is 12.3. The maximum absolute atomic E-state index is 13.3. The van der Waals surface area contributed by atoms with Crippen molar-refractivity contribution in [3.05, 3.63) is 29.8 Å². The van der Waals surface area contributed by atoms with E-state index >= 15 is 0 Å². The van der Waals surface area contributed by atoms with Gasteiger partial charge in [-0.3, -0.25) is 9.59 Å². The fourth-order valence-corrected chi connectivity index (χ4v) is 5.11. The Morgan fingerprint density at radius 2 is 1.69 bits per heavy atom. The van der Waals surface area contributed by atoms with E-state index in [2.05, 4.69) is 18.7 Å². The Morgan fingerprint density at radius 1 is 1.00 bits per heavy atom. The molecule has 1 aromatic carbocycles. The lowest BCUT2D eigenvalue weighted by Gasteiger charge is -2.40. The van der Waals surface area contributed by atoms with Crippen LogP contribution in [0.3, 0.4) is 0 Å². The van der Waals surface area contributed by atoms with Crippen LogP contribution in [0.4, 0.5) is 0 Å². The molecule has 1 aliphatic heterocycles. The van der Waals surface area contributed by atoms with Crippen LogP contribution < -0.4 is 4.74 Å². The van der Waals surface area contributed by atoms with Crippen LogP contribution >= 0.6 is 0 Å². The molecular weight excluding hydrogens is 400 g/mol. The molecule has 1 saturated carbocycles. The standard InChI is InChI=1S/C27H42N2O3/c1-4-28-18-12-6-5-7-13-19-29(26(30)20-21(2)3)23-15-9-11-17-25(23)32-24-16-10-8-14-22(24)27(28)31/h8,10,14,16,21,23,25H,4-7,9,11-13,15,17-20H2,1-3H3/t23-,25+/m1/s1. The van der Waals surface area contributed by atoms with Gasteiger partial charge in [-0.05, 0) is 57.1 Å². The molecule has 2 atom stereocenters. The number of nitrogens with zero attached hydrogens (tertiary/aromatic N) is 2. The van der Waals surface area contributed by atoms with Gasteiger partial charge in [0.05, 0.1) is 11.6 Å². The highest BCUT2D eigenvalue weighted by Crippen LogP contribution is 2.31. The van der Waals surface area contributed by atoms with Crippen LogP contribution in [0.15, 0.2) is 24.3 Å². The molecule has 2 aliphatic rings. The predicted molar refractivity (Wildman–Crippen MR) is 129 cm³/mol. The van der Waals surface area contributed by atoms with Gasteiger partial charge in [0, 0.05) is 26.1 Å². The Balaban J connectivity index is 1.92. The highest BCUT2D eigenvalue weighted by atomic mass is 16.5. The summed E-state index contributed by atoms with van der Waals surface area (Å²) in [6.45, 7) is 8.58. The Labute approximate surface area is 194 Å². The van der Waals surface area contributed by atoms with Crippen molar-refractivity contribution in [2.75, 3.05) is 19.6 Å². The minimum Gasteiger partial charge on any atom is -0.487 e. The van der Waals surface area contributed by atoms with E-state index < -0.39 is 0 Å². The van der Waals surface area contributed by atoms with Gasteiger partial charge in [-0.25, -0.2) is 0 Å². The van der Waals surface area contributed by atoms with Gasteiger partial charge >= 0.3 is 0 Å². The largest absolute Gasteiger partial charge is 0.487 e. The third kappa shape index (κ3) is 6.49. The quantitative estimate of drug-likeness (QED) is 0.605. The zero-order valence-corrected chi connectivity index (χ0v) is 20.4. The summed E-state index contributed by atoms with van der Waals surface area (Å²) < 4.78 is 6.58. The molecule has 5 heteroatoms. The first kappa shape index (κ1) is 24.6. The number of benzene rings is 1. The number of rotatable bonds is 3. The summed E-state index contributed by atoms with van der Waals surface area (Å²) in [6, 6.07) is 7.75. The Morgan fingerprint density at radius 3 is 2.44 bits per heavy atom. The molecule has 1 heterocycles. The van der Waals surface area contributed by atoms with Crippen molar-refractivity contribution < 1.29 is 14.3 Å². The molecule has 2 amide bonds. The van der Waals surface area contributed by atoms with E-state index in [4.69, 9.17) is 4.74 Å². The summed E-state index contributed by atoms with van der Waals surface area (Å²) in [7, 11) is 0. The van der Waals surface area contributed by atoms with E-state index in [1.807, 2.05) is 36.1 Å². The molecule has 1 fully saturated rings. The van der Waals surface area contributed by atoms with Crippen LogP contribution in [0.5, 0.6) is 5.75 Å². The van der Waals surface area contributed by atoms with Crippen LogP contribution in [0, 0.1) is 5.92 Å². The first-order valence-electron chi connectivity index (χ1n) is 12.9. The van der Waals surface area contributed by atoms with Gasteiger partial charge in [0.15, 0.2) is 0 Å². The number of hydrogen-bond acceptors (Lipinski definition) is 3. The molecule has 0 bridgehead atoms. The summed E-state index contributed by atoms with van der Waals surface area (Å²) in [5, 5.41) is 0. The van der Waals surface area contributed by atoms with Crippen molar-refractivity contribution in [2.45, 2.75) is 97.1 Å². The first-order valence-corrected chi connectivity index (χ1v) is 12.9. The Bertz CT molecular complexity index is 748. The Hall–Kier alpha value is -2.04. The van der Waals surface area contributed by atoms with Crippen molar-refractivity contribution in [1.82, 2.24) is 9.80 Å². The van der Waals surface area contributed by atoms with Gasteiger partial charge in [-0.2, -0.15) is 0 Å². The number of hydrogen-bond donors (Lipinski definition) is 0. The highest BCUT2D eigenvalue weighted by molar-refractivity contribution is 5.97. The summed E-state index contributed by atoms with van der Waals surface area (Å²) >= 11 is 0. The summed E-state index contributed by atoms with van der Waals surface area (Å²) in [4.78, 5) is 30.7. The lowest BCUT2D eigenvalue weighted by Crippen LogP contribution is -2.51. The maximum Gasteiger partial charge on any atom is 0.257 e. The highest BCUT2D eigenvalue weighted by Gasteiger charge is 2.35. The smallest absolute Gasteiger partial charge is 0.257 e. The van der Waals surface area contributed by atoms with Gasteiger partial charge in [0.25, 0.3) is 5.91 Å². The number of amides is 2. The first-order chi connectivity index (χ1) is 15.5. The number of carbonyl (C=O) groups is 2. The lowest BCUT2D eigenvalue weighted by molar-refractivity contribution is -0.137. The number of carbonyl (C=O) groups excluding carboxylic acids is 2. The minimum atomic E-state index is -0.0611. The molecule has 0 saturated heterocycles. The Kier molecular flexibility index (Phi) is 9.43. The number of fused-ring (bicyclic) bond motifs is 2. The van der Waals surface area contributed by atoms with Gasteiger partial charge in [-0.15, -0.1) is 0 Å². The van der Waals surface area contributed by atoms with Crippen LogP contribution in [-0.2, 0) is 4.79 Å². The van der Waals surface area contributed by atoms with E-state index in [1.165, 1.54) is 0 Å². The summed E-state index contributed by atoms with van der Waals surface area (Å²) in [5.74, 6) is 1.32. The SMILES string of the molecule is CCN1CCCCCCCN(C(=O)CC(C)C)[C@@H]2CCCC[C@@H]2Oc2ccccc2C1=O. The van der Waals surface area contributed by atoms with E-state index in [0.717, 1.165) is 70.9 Å². The minimum absolute atomic E-state index is 0.0538. The zero-order chi connectivity index (χ0) is 22.9. The fourth-order valence-electron chi connectivity index (χ4n) is 5.11. The topological polar surface area (TPSA) is 49.9 Å². The van der Waals surface area contributed by atoms with Gasteiger partial charge in [0.1, 0.15) is 11.9 Å². The molecule has 0 N–H and O–H groups in total. The molecule has 0 aromatic heterocycles. The van der Waals surface area contributed by atoms with Crippen molar-refractivity contribution in [2.24, 2.45) is 5.92 Å². The molecule has 3 rings (SSSR count). The third-order valence-electron chi connectivity index (χ3n) is 6.86. The van der Waals surface area contributed by atoms with Crippen molar-refractivity contribution in [1.29, 1.82) is 0 Å².